The molecule has 0 fully saturated rings. The van der Waals surface area contributed by atoms with E-state index in [1.807, 2.05) is 0 Å². The van der Waals surface area contributed by atoms with Crippen molar-refractivity contribution in [1.82, 2.24) is 9.80 Å². The average Bonchev–Trinajstić information content (AvgIpc) is 3.33. The van der Waals surface area contributed by atoms with E-state index in [2.05, 4.69) is 98.2 Å². The number of likely N-dealkylation sites (N-methyl/N-ethyl adjacent to an activating group) is 1. The van der Waals surface area contributed by atoms with Gasteiger partial charge in [0.05, 0.1) is 6.04 Å². The summed E-state index contributed by atoms with van der Waals surface area (Å²) in [6.45, 7) is 13.4. The van der Waals surface area contributed by atoms with Crippen LogP contribution in [0, 0.1) is 5.92 Å². The summed E-state index contributed by atoms with van der Waals surface area (Å²) >= 11 is 0. The van der Waals surface area contributed by atoms with Crippen molar-refractivity contribution in [2.24, 2.45) is 5.92 Å². The van der Waals surface area contributed by atoms with Gasteiger partial charge in [-0.1, -0.05) is 74.6 Å². The Morgan fingerprint density at radius 1 is 0.839 bits per heavy atom. The molecule has 2 unspecified atom stereocenters. The molecule has 0 radical (unpaired) electrons. The summed E-state index contributed by atoms with van der Waals surface area (Å²) in [4.78, 5) is 5.17. The van der Waals surface area contributed by atoms with E-state index in [-0.39, 0.29) is 25.8 Å². The van der Waals surface area contributed by atoms with Crippen LogP contribution in [0.25, 0.3) is 6.08 Å². The second-order valence-corrected chi connectivity index (χ2v) is 8.42. The van der Waals surface area contributed by atoms with Gasteiger partial charge in [0, 0.05) is 50.5 Å². The molecule has 1 aromatic rings. The molecule has 2 nitrogen and oxygen atoms in total. The first kappa shape index (κ1) is 24.2. The molecule has 0 aliphatic heterocycles. The fraction of sp³-hybridized carbons (Fsp3) is 0.429. The zero-order chi connectivity index (χ0) is 21.1. The molecule has 3 aliphatic rings. The van der Waals surface area contributed by atoms with Gasteiger partial charge in [0.2, 0.25) is 0 Å². The maximum absolute atomic E-state index is 2.61. The van der Waals surface area contributed by atoms with E-state index in [1.54, 1.807) is 5.57 Å². The largest absolute Gasteiger partial charge is 0.374 e. The van der Waals surface area contributed by atoms with Crippen molar-refractivity contribution < 1.29 is 25.8 Å². The molecule has 0 aromatic heterocycles. The summed E-state index contributed by atoms with van der Waals surface area (Å²) in [5, 5.41) is 0. The van der Waals surface area contributed by atoms with E-state index >= 15 is 0 Å². The molecule has 4 rings (SSSR count). The normalized spacial score (nSPS) is 21.1. The third-order valence-corrected chi connectivity index (χ3v) is 6.97. The minimum absolute atomic E-state index is 0. The zero-order valence-electron chi connectivity index (χ0n) is 19.6. The van der Waals surface area contributed by atoms with Crippen molar-refractivity contribution >= 4 is 6.08 Å². The van der Waals surface area contributed by atoms with Crippen LogP contribution in [0.2, 0.25) is 0 Å². The molecule has 0 heterocycles. The Bertz CT molecular complexity index is 926. The van der Waals surface area contributed by atoms with Gasteiger partial charge in [0.15, 0.2) is 0 Å². The van der Waals surface area contributed by atoms with Crippen molar-refractivity contribution in [1.29, 1.82) is 0 Å². The molecule has 162 valence electrons. The van der Waals surface area contributed by atoms with Crippen LogP contribution in [0.3, 0.4) is 0 Å². The monoisotopic (exact) mass is 580 g/mol. The van der Waals surface area contributed by atoms with Gasteiger partial charge < -0.3 is 4.90 Å². The smallest absolute Gasteiger partial charge is 0.0570 e. The number of hydrogen-bond donors (Lipinski definition) is 0. The quantitative estimate of drug-likeness (QED) is 0.308. The first-order valence-corrected chi connectivity index (χ1v) is 11.8. The predicted molar refractivity (Wildman–Crippen MR) is 129 cm³/mol. The van der Waals surface area contributed by atoms with Crippen LogP contribution in [0.5, 0.6) is 0 Å². The van der Waals surface area contributed by atoms with E-state index in [1.165, 1.54) is 28.0 Å². The van der Waals surface area contributed by atoms with Gasteiger partial charge in [-0.05, 0) is 67.6 Å². The molecular formula is C28H36HfN2. The summed E-state index contributed by atoms with van der Waals surface area (Å²) in [6.07, 6.45) is 16.2. The number of nitrogens with zero attached hydrogens (tertiary/aromatic N) is 2. The Kier molecular flexibility index (Phi) is 8.52. The van der Waals surface area contributed by atoms with Crippen molar-refractivity contribution in [3.63, 3.8) is 0 Å². The van der Waals surface area contributed by atoms with Gasteiger partial charge in [-0.3, -0.25) is 4.90 Å². The summed E-state index contributed by atoms with van der Waals surface area (Å²) in [5.41, 5.74) is 8.99. The first-order valence-electron chi connectivity index (χ1n) is 11.8. The Morgan fingerprint density at radius 2 is 1.58 bits per heavy atom. The fourth-order valence-corrected chi connectivity index (χ4v) is 5.46. The SMILES string of the molecule is CCN(CC)C1=C(CCC2=Cc3ccccc3C2N(CC)CC)C=C2C=CC=CC21.[Hf]. The summed E-state index contributed by atoms with van der Waals surface area (Å²) in [7, 11) is 0. The van der Waals surface area contributed by atoms with Crippen LogP contribution in [0.4, 0.5) is 0 Å². The van der Waals surface area contributed by atoms with Crippen molar-refractivity contribution in [3.8, 4) is 0 Å². The van der Waals surface area contributed by atoms with Gasteiger partial charge >= 0.3 is 0 Å². The average molecular weight is 579 g/mol. The molecule has 3 aliphatic carbocycles. The molecule has 2 atom stereocenters. The third-order valence-electron chi connectivity index (χ3n) is 6.97. The molecule has 0 bridgehead atoms. The Hall–Kier alpha value is -1.45. The van der Waals surface area contributed by atoms with E-state index in [0.29, 0.717) is 12.0 Å². The van der Waals surface area contributed by atoms with Crippen LogP contribution >= 0.6 is 0 Å². The Labute approximate surface area is 207 Å². The number of rotatable bonds is 9. The van der Waals surface area contributed by atoms with Crippen LogP contribution in [0.1, 0.15) is 57.7 Å². The summed E-state index contributed by atoms with van der Waals surface area (Å²) in [5.74, 6) is 0.443. The second-order valence-electron chi connectivity index (χ2n) is 8.42. The first-order chi connectivity index (χ1) is 14.7. The van der Waals surface area contributed by atoms with Crippen molar-refractivity contribution in [2.45, 2.75) is 46.6 Å². The van der Waals surface area contributed by atoms with Gasteiger partial charge in [-0.15, -0.1) is 0 Å². The summed E-state index contributed by atoms with van der Waals surface area (Å²) in [6, 6.07) is 9.40. The van der Waals surface area contributed by atoms with Crippen LogP contribution in [-0.4, -0.2) is 36.0 Å². The maximum atomic E-state index is 2.61. The zero-order valence-corrected chi connectivity index (χ0v) is 23.2. The number of allylic oxidation sites excluding steroid dienone is 6. The van der Waals surface area contributed by atoms with Crippen LogP contribution < -0.4 is 0 Å². The maximum Gasteiger partial charge on any atom is 0.0570 e. The number of fused-ring (bicyclic) bond motifs is 2. The Morgan fingerprint density at radius 3 is 2.29 bits per heavy atom. The van der Waals surface area contributed by atoms with E-state index in [0.717, 1.165) is 39.0 Å². The van der Waals surface area contributed by atoms with E-state index in [9.17, 15) is 0 Å². The van der Waals surface area contributed by atoms with Crippen molar-refractivity contribution in [3.05, 3.63) is 88.2 Å². The molecule has 1 aromatic carbocycles. The van der Waals surface area contributed by atoms with Gasteiger partial charge in [0.25, 0.3) is 0 Å². The molecule has 0 spiro atoms. The molecular weight excluding hydrogens is 543 g/mol. The predicted octanol–water partition coefficient (Wildman–Crippen LogP) is 6.52. The van der Waals surface area contributed by atoms with E-state index in [4.69, 9.17) is 0 Å². The minimum atomic E-state index is 0. The molecule has 31 heavy (non-hydrogen) atoms. The molecule has 3 heteroatoms. The topological polar surface area (TPSA) is 6.48 Å². The summed E-state index contributed by atoms with van der Waals surface area (Å²) < 4.78 is 0. The molecule has 0 saturated heterocycles. The standard InChI is InChI=1S/C28H36N2.Hf/c1-5-29(6-2)27-23(19-21-13-9-11-15-25(21)27)17-18-24-20-22-14-10-12-16-26(22)28(24)30(7-3)8-4;/h9-16,19-20,25,28H,5-8,17-18H2,1-4H3;. The Balaban J connectivity index is 0.00000272. The fourth-order valence-electron chi connectivity index (χ4n) is 5.46. The number of benzene rings is 1. The third kappa shape index (κ3) is 4.68. The van der Waals surface area contributed by atoms with Gasteiger partial charge in [-0.2, -0.15) is 0 Å². The minimum Gasteiger partial charge on any atom is -0.374 e. The van der Waals surface area contributed by atoms with E-state index < -0.39 is 0 Å². The van der Waals surface area contributed by atoms with Crippen LogP contribution in [-0.2, 0) is 25.8 Å². The number of hydrogen-bond acceptors (Lipinski definition) is 2. The molecule has 0 amide bonds. The van der Waals surface area contributed by atoms with Gasteiger partial charge in [-0.25, -0.2) is 0 Å². The second kappa shape index (κ2) is 10.9. The van der Waals surface area contributed by atoms with Crippen molar-refractivity contribution in [2.75, 3.05) is 26.2 Å². The van der Waals surface area contributed by atoms with Gasteiger partial charge in [0.1, 0.15) is 0 Å². The molecule has 0 N–H and O–H groups in total. The molecule has 0 saturated carbocycles. The van der Waals surface area contributed by atoms with Crippen LogP contribution in [0.15, 0.2) is 77.1 Å².